The van der Waals surface area contributed by atoms with Gasteiger partial charge in [0, 0.05) is 42.9 Å². The third kappa shape index (κ3) is 3.63. The number of hydrogen-bond acceptors (Lipinski definition) is 4. The highest BCUT2D eigenvalue weighted by atomic mass is 32.2. The van der Waals surface area contributed by atoms with Gasteiger partial charge in [0.1, 0.15) is 0 Å². The molecule has 2 heterocycles. The molecule has 0 bridgehead atoms. The summed E-state index contributed by atoms with van der Waals surface area (Å²) in [6.07, 6.45) is 2.48. The van der Waals surface area contributed by atoms with Crippen molar-refractivity contribution in [2.45, 2.75) is 24.8 Å². The van der Waals surface area contributed by atoms with Crippen molar-refractivity contribution in [2.75, 3.05) is 17.4 Å². The Morgan fingerprint density at radius 1 is 1.14 bits per heavy atom. The Hall–Kier alpha value is -3.13. The number of rotatable bonds is 5. The lowest BCUT2D eigenvalue weighted by Crippen LogP contribution is -2.35. The summed E-state index contributed by atoms with van der Waals surface area (Å²) in [7, 11) is -3.71. The molecule has 0 radical (unpaired) electrons. The van der Waals surface area contributed by atoms with E-state index in [1.165, 1.54) is 16.4 Å². The largest absolute Gasteiger partial charge is 0.334 e. The number of hydrogen-bond donors (Lipinski definition) is 1. The molecule has 1 amide bonds. The van der Waals surface area contributed by atoms with Crippen LogP contribution < -0.4 is 4.31 Å². The molecule has 1 aliphatic heterocycles. The molecule has 1 aromatic heterocycles. The number of aromatic amines is 1. The van der Waals surface area contributed by atoms with Crippen molar-refractivity contribution in [1.29, 1.82) is 0 Å². The number of carbonyl (C=O) groups is 1. The molecule has 0 fully saturated rings. The summed E-state index contributed by atoms with van der Waals surface area (Å²) in [6, 6.07) is 15.1. The molecule has 0 saturated carbocycles. The maximum atomic E-state index is 13.1. The van der Waals surface area contributed by atoms with Crippen LogP contribution in [0.5, 0.6) is 0 Å². The standard InChI is InChI=1S/C21H22N4O3S/c1-2-25(18-6-4-3-5-7-18)29(27,28)19-10-8-16(9-11-19)21(26)24-13-12-20-17(15-24)14-22-23-20/h3-11,14H,2,12-13,15H2,1H3,(H,22,23). The van der Waals surface area contributed by atoms with Crippen molar-refractivity contribution < 1.29 is 13.2 Å². The molecule has 0 unspecified atom stereocenters. The summed E-state index contributed by atoms with van der Waals surface area (Å²) >= 11 is 0. The van der Waals surface area contributed by atoms with E-state index in [2.05, 4.69) is 10.2 Å². The molecule has 3 aromatic rings. The quantitative estimate of drug-likeness (QED) is 0.701. The average molecular weight is 410 g/mol. The highest BCUT2D eigenvalue weighted by Gasteiger charge is 2.26. The molecule has 0 aliphatic carbocycles. The topological polar surface area (TPSA) is 86.4 Å². The zero-order valence-electron chi connectivity index (χ0n) is 16.1. The monoisotopic (exact) mass is 410 g/mol. The highest BCUT2D eigenvalue weighted by Crippen LogP contribution is 2.24. The van der Waals surface area contributed by atoms with E-state index in [-0.39, 0.29) is 10.8 Å². The lowest BCUT2D eigenvalue weighted by atomic mass is 10.1. The van der Waals surface area contributed by atoms with Gasteiger partial charge in [-0.25, -0.2) is 8.42 Å². The third-order valence-corrected chi connectivity index (χ3v) is 7.03. The van der Waals surface area contributed by atoms with Crippen molar-refractivity contribution in [1.82, 2.24) is 15.1 Å². The van der Waals surface area contributed by atoms with Crippen LogP contribution >= 0.6 is 0 Å². The smallest absolute Gasteiger partial charge is 0.264 e. The number of nitrogens with zero attached hydrogens (tertiary/aromatic N) is 3. The van der Waals surface area contributed by atoms with Gasteiger partial charge in [0.2, 0.25) is 0 Å². The van der Waals surface area contributed by atoms with Crippen LogP contribution in [0.4, 0.5) is 5.69 Å². The van der Waals surface area contributed by atoms with E-state index in [0.717, 1.165) is 17.7 Å². The van der Waals surface area contributed by atoms with E-state index < -0.39 is 10.0 Å². The normalized spacial score (nSPS) is 13.8. The molecule has 0 atom stereocenters. The van der Waals surface area contributed by atoms with Gasteiger partial charge >= 0.3 is 0 Å². The second-order valence-electron chi connectivity index (χ2n) is 6.88. The number of carbonyl (C=O) groups excluding carboxylic acids is 1. The third-order valence-electron chi connectivity index (χ3n) is 5.11. The van der Waals surface area contributed by atoms with E-state index in [1.807, 2.05) is 6.07 Å². The first-order chi connectivity index (χ1) is 14.0. The van der Waals surface area contributed by atoms with E-state index in [1.54, 1.807) is 54.4 Å². The molecular formula is C21H22N4O3S. The molecule has 4 rings (SSSR count). The Morgan fingerprint density at radius 3 is 2.55 bits per heavy atom. The second kappa shape index (κ2) is 7.71. The number of H-pyrrole nitrogens is 1. The van der Waals surface area contributed by atoms with Crippen molar-refractivity contribution in [3.05, 3.63) is 77.6 Å². The fraction of sp³-hybridized carbons (Fsp3) is 0.238. The van der Waals surface area contributed by atoms with E-state index in [9.17, 15) is 13.2 Å². The fourth-order valence-corrected chi connectivity index (χ4v) is 5.03. The predicted octanol–water partition coefficient (Wildman–Crippen LogP) is 2.82. The Labute approximate surface area is 170 Å². The molecular weight excluding hydrogens is 388 g/mol. The number of anilines is 1. The first kappa shape index (κ1) is 19.2. The van der Waals surface area contributed by atoms with Gasteiger partial charge in [0.25, 0.3) is 15.9 Å². The minimum Gasteiger partial charge on any atom is -0.334 e. The van der Waals surface area contributed by atoms with Crippen molar-refractivity contribution in [3.8, 4) is 0 Å². The van der Waals surface area contributed by atoms with Crippen molar-refractivity contribution in [2.24, 2.45) is 0 Å². The summed E-state index contributed by atoms with van der Waals surface area (Å²) in [5.41, 5.74) is 3.17. The fourth-order valence-electron chi connectivity index (χ4n) is 3.56. The number of amides is 1. The molecule has 8 heteroatoms. The maximum Gasteiger partial charge on any atom is 0.264 e. The van der Waals surface area contributed by atoms with Gasteiger partial charge in [-0.05, 0) is 43.3 Å². The van der Waals surface area contributed by atoms with E-state index in [4.69, 9.17) is 0 Å². The number of benzene rings is 2. The Kier molecular flexibility index (Phi) is 5.10. The minimum atomic E-state index is -3.71. The van der Waals surface area contributed by atoms with Gasteiger partial charge in [0.15, 0.2) is 0 Å². The molecule has 1 aliphatic rings. The predicted molar refractivity (Wildman–Crippen MR) is 110 cm³/mol. The molecule has 1 N–H and O–H groups in total. The maximum absolute atomic E-state index is 13.1. The van der Waals surface area contributed by atoms with Crippen LogP contribution in [0.15, 0.2) is 65.7 Å². The van der Waals surface area contributed by atoms with Gasteiger partial charge in [-0.2, -0.15) is 5.10 Å². The summed E-state index contributed by atoms with van der Waals surface area (Å²) in [4.78, 5) is 14.8. The van der Waals surface area contributed by atoms with Crippen LogP contribution in [0.1, 0.15) is 28.5 Å². The molecule has 7 nitrogen and oxygen atoms in total. The number of fused-ring (bicyclic) bond motifs is 1. The average Bonchev–Trinajstić information content (AvgIpc) is 3.22. The first-order valence-corrected chi connectivity index (χ1v) is 10.9. The van der Waals surface area contributed by atoms with E-state index in [0.29, 0.717) is 30.9 Å². The van der Waals surface area contributed by atoms with Gasteiger partial charge in [-0.15, -0.1) is 0 Å². The van der Waals surface area contributed by atoms with Crippen molar-refractivity contribution >= 4 is 21.6 Å². The summed E-state index contributed by atoms with van der Waals surface area (Å²) in [5, 5.41) is 6.98. The lowest BCUT2D eigenvalue weighted by molar-refractivity contribution is 0.0734. The Bertz CT molecular complexity index is 1110. The van der Waals surface area contributed by atoms with Crippen LogP contribution in [-0.2, 0) is 23.0 Å². The summed E-state index contributed by atoms with van der Waals surface area (Å²) in [6.45, 7) is 3.21. The van der Waals surface area contributed by atoms with Gasteiger partial charge < -0.3 is 4.90 Å². The van der Waals surface area contributed by atoms with Crippen LogP contribution in [0.25, 0.3) is 0 Å². The molecule has 150 valence electrons. The minimum absolute atomic E-state index is 0.115. The number of nitrogens with one attached hydrogen (secondary N) is 1. The lowest BCUT2D eigenvalue weighted by Gasteiger charge is -2.27. The number of sulfonamides is 1. The Balaban J connectivity index is 1.55. The summed E-state index contributed by atoms with van der Waals surface area (Å²) in [5.74, 6) is -0.115. The SMILES string of the molecule is CCN(c1ccccc1)S(=O)(=O)c1ccc(C(=O)N2CCc3[nH]ncc3C2)cc1. The Morgan fingerprint density at radius 2 is 1.86 bits per heavy atom. The van der Waals surface area contributed by atoms with Crippen LogP contribution in [0, 0.1) is 0 Å². The van der Waals surface area contributed by atoms with Gasteiger partial charge in [-0.1, -0.05) is 18.2 Å². The summed E-state index contributed by atoms with van der Waals surface area (Å²) < 4.78 is 27.5. The van der Waals surface area contributed by atoms with E-state index >= 15 is 0 Å². The molecule has 29 heavy (non-hydrogen) atoms. The van der Waals surface area contributed by atoms with Crippen LogP contribution in [-0.4, -0.2) is 42.5 Å². The zero-order chi connectivity index (χ0) is 20.4. The van der Waals surface area contributed by atoms with Gasteiger partial charge in [-0.3, -0.25) is 14.2 Å². The number of para-hydroxylation sites is 1. The first-order valence-electron chi connectivity index (χ1n) is 9.49. The number of aromatic nitrogens is 2. The highest BCUT2D eigenvalue weighted by molar-refractivity contribution is 7.92. The van der Waals surface area contributed by atoms with Crippen LogP contribution in [0.3, 0.4) is 0 Å². The van der Waals surface area contributed by atoms with Crippen LogP contribution in [0.2, 0.25) is 0 Å². The zero-order valence-corrected chi connectivity index (χ0v) is 16.9. The molecule has 0 saturated heterocycles. The van der Waals surface area contributed by atoms with Gasteiger partial charge in [0.05, 0.1) is 16.8 Å². The molecule has 0 spiro atoms. The second-order valence-corrected chi connectivity index (χ2v) is 8.74. The molecule has 2 aromatic carbocycles. The van der Waals surface area contributed by atoms with Crippen molar-refractivity contribution in [3.63, 3.8) is 0 Å².